The Morgan fingerprint density at radius 2 is 2.12 bits per heavy atom. The number of nitrogens with one attached hydrogen (secondary N) is 1. The summed E-state index contributed by atoms with van der Waals surface area (Å²) in [5.41, 5.74) is 0.297. The summed E-state index contributed by atoms with van der Waals surface area (Å²) in [6, 6.07) is 1.37. The molecule has 1 aliphatic rings. The molecule has 0 bridgehead atoms. The van der Waals surface area contributed by atoms with Crippen LogP contribution in [-0.4, -0.2) is 36.1 Å². The summed E-state index contributed by atoms with van der Waals surface area (Å²) in [6.07, 6.45) is 6.72. The number of rotatable bonds is 2. The standard InChI is InChI=1S/C14H26N2/c1-7-11(3)16-10-13(14(4,5)6)15-9-12(16)8-2/h1,11-13,15H,8-10H2,2-6H3. The lowest BCUT2D eigenvalue weighted by Crippen LogP contribution is -2.61. The van der Waals surface area contributed by atoms with Gasteiger partial charge in [-0.05, 0) is 18.8 Å². The van der Waals surface area contributed by atoms with Crippen molar-refractivity contribution in [2.75, 3.05) is 13.1 Å². The van der Waals surface area contributed by atoms with E-state index < -0.39 is 0 Å². The van der Waals surface area contributed by atoms with Gasteiger partial charge < -0.3 is 5.32 Å². The molecule has 0 radical (unpaired) electrons. The van der Waals surface area contributed by atoms with Crippen molar-refractivity contribution in [3.8, 4) is 12.3 Å². The Labute approximate surface area is 101 Å². The molecule has 1 saturated heterocycles. The first-order chi connectivity index (χ1) is 7.40. The maximum absolute atomic E-state index is 5.56. The highest BCUT2D eigenvalue weighted by Gasteiger charge is 2.34. The van der Waals surface area contributed by atoms with Crippen molar-refractivity contribution in [2.24, 2.45) is 5.41 Å². The largest absolute Gasteiger partial charge is 0.311 e. The molecule has 0 spiro atoms. The average molecular weight is 222 g/mol. The van der Waals surface area contributed by atoms with E-state index in [4.69, 9.17) is 6.42 Å². The zero-order chi connectivity index (χ0) is 12.3. The molecule has 0 amide bonds. The maximum Gasteiger partial charge on any atom is 0.0686 e. The Balaban J connectivity index is 2.74. The molecule has 1 fully saturated rings. The summed E-state index contributed by atoms with van der Waals surface area (Å²) >= 11 is 0. The monoisotopic (exact) mass is 222 g/mol. The summed E-state index contributed by atoms with van der Waals surface area (Å²) in [6.45, 7) is 13.4. The molecule has 1 aliphatic heterocycles. The molecule has 3 unspecified atom stereocenters. The number of nitrogens with zero attached hydrogens (tertiary/aromatic N) is 1. The zero-order valence-corrected chi connectivity index (χ0v) is 11.4. The summed E-state index contributed by atoms with van der Waals surface area (Å²) in [7, 11) is 0. The van der Waals surface area contributed by atoms with Gasteiger partial charge in [0.05, 0.1) is 6.04 Å². The van der Waals surface area contributed by atoms with Crippen LogP contribution < -0.4 is 5.32 Å². The van der Waals surface area contributed by atoms with Crippen LogP contribution in [0.1, 0.15) is 41.0 Å². The Kier molecular flexibility index (Phi) is 4.41. The summed E-state index contributed by atoms with van der Waals surface area (Å²) in [5.74, 6) is 2.87. The van der Waals surface area contributed by atoms with Gasteiger partial charge in [0.25, 0.3) is 0 Å². The highest BCUT2D eigenvalue weighted by atomic mass is 15.3. The van der Waals surface area contributed by atoms with E-state index in [1.165, 1.54) is 0 Å². The third-order valence-electron chi connectivity index (χ3n) is 3.72. The van der Waals surface area contributed by atoms with Gasteiger partial charge in [-0.25, -0.2) is 0 Å². The molecule has 1 rings (SSSR count). The second-order valence-corrected chi connectivity index (χ2v) is 5.93. The SMILES string of the molecule is C#CC(C)N1CC(C(C)(C)C)NCC1CC. The van der Waals surface area contributed by atoms with E-state index in [0.29, 0.717) is 17.5 Å². The quantitative estimate of drug-likeness (QED) is 0.720. The maximum atomic E-state index is 5.56. The smallest absolute Gasteiger partial charge is 0.0686 e. The lowest BCUT2D eigenvalue weighted by atomic mass is 9.84. The zero-order valence-electron chi connectivity index (χ0n) is 11.4. The molecule has 2 nitrogen and oxygen atoms in total. The van der Waals surface area contributed by atoms with Crippen molar-refractivity contribution in [3.05, 3.63) is 0 Å². The minimum absolute atomic E-state index is 0.247. The number of hydrogen-bond donors (Lipinski definition) is 1. The summed E-state index contributed by atoms with van der Waals surface area (Å²) in [4.78, 5) is 2.48. The Morgan fingerprint density at radius 1 is 1.50 bits per heavy atom. The van der Waals surface area contributed by atoms with Crippen molar-refractivity contribution >= 4 is 0 Å². The fraction of sp³-hybridized carbons (Fsp3) is 0.857. The minimum atomic E-state index is 0.247. The summed E-state index contributed by atoms with van der Waals surface area (Å²) in [5, 5.41) is 3.66. The molecule has 0 saturated carbocycles. The highest BCUT2D eigenvalue weighted by Crippen LogP contribution is 2.25. The van der Waals surface area contributed by atoms with Crippen LogP contribution in [0.5, 0.6) is 0 Å². The molecule has 16 heavy (non-hydrogen) atoms. The third-order valence-corrected chi connectivity index (χ3v) is 3.72. The van der Waals surface area contributed by atoms with Gasteiger partial charge in [0.1, 0.15) is 0 Å². The predicted octanol–water partition coefficient (Wildman–Crippen LogP) is 2.11. The Hall–Kier alpha value is -0.520. The van der Waals surface area contributed by atoms with E-state index >= 15 is 0 Å². The van der Waals surface area contributed by atoms with Crippen LogP contribution in [0.3, 0.4) is 0 Å². The molecule has 0 aromatic rings. The molecule has 0 aliphatic carbocycles. The van der Waals surface area contributed by atoms with E-state index in [-0.39, 0.29) is 6.04 Å². The van der Waals surface area contributed by atoms with E-state index in [1.807, 2.05) is 0 Å². The molecular formula is C14H26N2. The highest BCUT2D eigenvalue weighted by molar-refractivity contribution is 5.02. The Morgan fingerprint density at radius 3 is 2.56 bits per heavy atom. The van der Waals surface area contributed by atoms with Crippen molar-refractivity contribution in [2.45, 2.75) is 59.2 Å². The number of piperazine rings is 1. The number of terminal acetylenes is 1. The van der Waals surface area contributed by atoms with Crippen LogP contribution in [-0.2, 0) is 0 Å². The van der Waals surface area contributed by atoms with Gasteiger partial charge in [-0.3, -0.25) is 4.90 Å². The molecule has 3 atom stereocenters. The first kappa shape index (κ1) is 13.5. The van der Waals surface area contributed by atoms with Crippen molar-refractivity contribution in [1.29, 1.82) is 0 Å². The lowest BCUT2D eigenvalue weighted by Gasteiger charge is -2.46. The van der Waals surface area contributed by atoms with Gasteiger partial charge in [0, 0.05) is 25.2 Å². The first-order valence-electron chi connectivity index (χ1n) is 6.35. The molecular weight excluding hydrogens is 196 g/mol. The molecule has 2 heteroatoms. The van der Waals surface area contributed by atoms with Crippen LogP contribution in [0.4, 0.5) is 0 Å². The lowest BCUT2D eigenvalue weighted by molar-refractivity contribution is 0.0705. The van der Waals surface area contributed by atoms with Crippen LogP contribution >= 0.6 is 0 Å². The van der Waals surface area contributed by atoms with Crippen molar-refractivity contribution < 1.29 is 0 Å². The molecule has 1 heterocycles. The first-order valence-corrected chi connectivity index (χ1v) is 6.35. The van der Waals surface area contributed by atoms with Gasteiger partial charge in [0.15, 0.2) is 0 Å². The van der Waals surface area contributed by atoms with Crippen molar-refractivity contribution in [1.82, 2.24) is 10.2 Å². The normalized spacial score (nSPS) is 29.8. The van der Waals surface area contributed by atoms with E-state index in [9.17, 15) is 0 Å². The summed E-state index contributed by atoms with van der Waals surface area (Å²) < 4.78 is 0. The van der Waals surface area contributed by atoms with Gasteiger partial charge >= 0.3 is 0 Å². The topological polar surface area (TPSA) is 15.3 Å². The van der Waals surface area contributed by atoms with E-state index in [1.54, 1.807) is 0 Å². The number of hydrogen-bond acceptors (Lipinski definition) is 2. The van der Waals surface area contributed by atoms with Gasteiger partial charge in [-0.15, -0.1) is 6.42 Å². The van der Waals surface area contributed by atoms with Crippen molar-refractivity contribution in [3.63, 3.8) is 0 Å². The molecule has 92 valence electrons. The van der Waals surface area contributed by atoms with Gasteiger partial charge in [0.2, 0.25) is 0 Å². The Bertz CT molecular complexity index is 259. The minimum Gasteiger partial charge on any atom is -0.311 e. The predicted molar refractivity (Wildman–Crippen MR) is 70.3 cm³/mol. The fourth-order valence-corrected chi connectivity index (χ4v) is 2.35. The molecule has 1 N–H and O–H groups in total. The second-order valence-electron chi connectivity index (χ2n) is 5.93. The third kappa shape index (κ3) is 2.99. The second kappa shape index (κ2) is 5.21. The van der Waals surface area contributed by atoms with Gasteiger partial charge in [-0.1, -0.05) is 33.6 Å². The van der Waals surface area contributed by atoms with E-state index in [0.717, 1.165) is 19.5 Å². The van der Waals surface area contributed by atoms with Crippen LogP contribution in [0, 0.1) is 17.8 Å². The fourth-order valence-electron chi connectivity index (χ4n) is 2.35. The molecule has 0 aromatic heterocycles. The van der Waals surface area contributed by atoms with Crippen LogP contribution in [0.25, 0.3) is 0 Å². The van der Waals surface area contributed by atoms with Crippen LogP contribution in [0.15, 0.2) is 0 Å². The molecule has 0 aromatic carbocycles. The van der Waals surface area contributed by atoms with E-state index in [2.05, 4.69) is 50.8 Å². The van der Waals surface area contributed by atoms with Gasteiger partial charge in [-0.2, -0.15) is 0 Å². The average Bonchev–Trinajstić information content (AvgIpc) is 2.25. The van der Waals surface area contributed by atoms with Crippen LogP contribution in [0.2, 0.25) is 0 Å².